The Hall–Kier alpha value is -4.50. The molecule has 0 aliphatic heterocycles. The number of halogens is 1. The SMILES string of the molecule is COC(=O)C12CC3CC(CC(NC(=O)[C@H](Cc4ccccc4)N(C)C(=O)CNC(=O)[C@@H](CCSC)NC(=O)[C@H](Cc4ccc(O)cc4)N(C)C(=O)OC(C)(C)C)(C3)C1)C2.Cl. The third-order valence-corrected chi connectivity index (χ3v) is 12.6. The molecule has 4 bridgehead atoms. The van der Waals surface area contributed by atoms with Gasteiger partial charge in [-0.2, -0.15) is 11.8 Å². The van der Waals surface area contributed by atoms with Crippen LogP contribution in [0.2, 0.25) is 0 Å². The normalized spacial score (nSPS) is 22.9. The van der Waals surface area contributed by atoms with Gasteiger partial charge in [0.05, 0.1) is 19.1 Å². The lowest BCUT2D eigenvalue weighted by molar-refractivity contribution is -0.173. The molecule has 16 heteroatoms. The summed E-state index contributed by atoms with van der Waals surface area (Å²) >= 11 is 1.48. The van der Waals surface area contributed by atoms with Crippen LogP contribution in [0.15, 0.2) is 54.6 Å². The first kappa shape index (κ1) is 48.2. The summed E-state index contributed by atoms with van der Waals surface area (Å²) in [7, 11) is 4.42. The molecule has 14 nitrogen and oxygen atoms in total. The van der Waals surface area contributed by atoms with E-state index in [0.29, 0.717) is 29.6 Å². The number of likely N-dealkylation sites (N-methyl/N-ethyl adjacent to an activating group) is 2. The molecular weight excluding hydrogens is 810 g/mol. The molecule has 0 radical (unpaired) electrons. The highest BCUT2D eigenvalue weighted by molar-refractivity contribution is 7.98. The number of nitrogens with zero attached hydrogens (tertiary/aromatic N) is 2. The van der Waals surface area contributed by atoms with Gasteiger partial charge in [0.25, 0.3) is 0 Å². The Morgan fingerprint density at radius 2 is 1.43 bits per heavy atom. The predicted molar refractivity (Wildman–Crippen MR) is 231 cm³/mol. The molecule has 2 aromatic carbocycles. The third-order valence-electron chi connectivity index (χ3n) is 12.0. The highest BCUT2D eigenvalue weighted by Crippen LogP contribution is 2.62. The molecule has 4 fully saturated rings. The predicted octanol–water partition coefficient (Wildman–Crippen LogP) is 4.64. The van der Waals surface area contributed by atoms with Crippen molar-refractivity contribution < 1.29 is 43.3 Å². The average Bonchev–Trinajstić information content (AvgIpc) is 3.18. The first-order chi connectivity index (χ1) is 27.9. The van der Waals surface area contributed by atoms with Crippen LogP contribution < -0.4 is 16.0 Å². The van der Waals surface area contributed by atoms with Gasteiger partial charge in [0.15, 0.2) is 0 Å². The lowest BCUT2D eigenvalue weighted by atomic mass is 9.47. The first-order valence-corrected chi connectivity index (χ1v) is 21.8. The topological polar surface area (TPSA) is 184 Å². The second-order valence-electron chi connectivity index (χ2n) is 17.8. The van der Waals surface area contributed by atoms with Crippen molar-refractivity contribution in [3.8, 4) is 5.75 Å². The maximum absolute atomic E-state index is 14.4. The summed E-state index contributed by atoms with van der Waals surface area (Å²) in [6.07, 6.45) is 6.27. The van der Waals surface area contributed by atoms with E-state index in [1.54, 1.807) is 40.0 Å². The second-order valence-corrected chi connectivity index (χ2v) is 18.7. The van der Waals surface area contributed by atoms with Crippen LogP contribution in [0.3, 0.4) is 0 Å². The minimum Gasteiger partial charge on any atom is -0.508 e. The number of esters is 1. The summed E-state index contributed by atoms with van der Waals surface area (Å²) < 4.78 is 10.8. The molecule has 0 spiro atoms. The Bertz CT molecular complexity index is 1830. The summed E-state index contributed by atoms with van der Waals surface area (Å²) in [5.74, 6) is -1.07. The molecule has 330 valence electrons. The molecular formula is C44H62ClN5O9S. The highest BCUT2D eigenvalue weighted by atomic mass is 35.5. The molecule has 0 heterocycles. The quantitative estimate of drug-likeness (QED) is 0.164. The number of phenolic OH excluding ortho intramolecular Hbond substituents is 1. The molecule has 60 heavy (non-hydrogen) atoms. The van der Waals surface area contributed by atoms with Crippen LogP contribution in [0.25, 0.3) is 0 Å². The van der Waals surface area contributed by atoms with Crippen molar-refractivity contribution in [3.63, 3.8) is 0 Å². The van der Waals surface area contributed by atoms with Gasteiger partial charge in [-0.05, 0) is 113 Å². The molecule has 2 aromatic rings. The maximum atomic E-state index is 14.4. The molecule has 4 saturated carbocycles. The summed E-state index contributed by atoms with van der Waals surface area (Å²) in [5.41, 5.74) is -0.508. The zero-order chi connectivity index (χ0) is 43.1. The van der Waals surface area contributed by atoms with Crippen molar-refractivity contribution in [1.82, 2.24) is 25.8 Å². The number of nitrogens with one attached hydrogen (secondary N) is 3. The number of thioether (sulfide) groups is 1. The number of methoxy groups -OCH3 is 1. The molecule has 2 unspecified atom stereocenters. The number of carbonyl (C=O) groups is 6. The van der Waals surface area contributed by atoms with E-state index < -0.39 is 65.0 Å². The number of hydrogen-bond acceptors (Lipinski definition) is 10. The molecule has 5 amide bonds. The summed E-state index contributed by atoms with van der Waals surface area (Å²) in [6.45, 7) is 4.72. The maximum Gasteiger partial charge on any atom is 0.410 e. The molecule has 5 atom stereocenters. The molecule has 6 rings (SSSR count). The van der Waals surface area contributed by atoms with E-state index in [2.05, 4.69) is 16.0 Å². The lowest BCUT2D eigenvalue weighted by Crippen LogP contribution is -2.67. The van der Waals surface area contributed by atoms with E-state index in [1.165, 1.54) is 47.9 Å². The lowest BCUT2D eigenvalue weighted by Gasteiger charge is -2.61. The smallest absolute Gasteiger partial charge is 0.410 e. The van der Waals surface area contributed by atoms with Crippen molar-refractivity contribution in [2.75, 3.05) is 39.8 Å². The molecule has 4 aliphatic rings. The van der Waals surface area contributed by atoms with Crippen LogP contribution >= 0.6 is 24.2 Å². The molecule has 4 N–H and O–H groups in total. The van der Waals surface area contributed by atoms with Crippen LogP contribution in [0.5, 0.6) is 5.75 Å². The fraction of sp³-hybridized carbons (Fsp3) is 0.591. The minimum atomic E-state index is -1.08. The van der Waals surface area contributed by atoms with Gasteiger partial charge in [-0.1, -0.05) is 42.5 Å². The number of hydrogen-bond donors (Lipinski definition) is 4. The summed E-state index contributed by atoms with van der Waals surface area (Å²) in [6, 6.07) is 12.6. The Morgan fingerprint density at radius 3 is 2.00 bits per heavy atom. The first-order valence-electron chi connectivity index (χ1n) is 20.4. The van der Waals surface area contributed by atoms with Gasteiger partial charge in [-0.3, -0.25) is 28.9 Å². The number of carbonyl (C=O) groups excluding carboxylic acids is 6. The van der Waals surface area contributed by atoms with E-state index in [-0.39, 0.29) is 49.3 Å². The largest absolute Gasteiger partial charge is 0.508 e. The molecule has 0 saturated heterocycles. The average molecular weight is 873 g/mol. The van der Waals surface area contributed by atoms with Gasteiger partial charge in [-0.25, -0.2) is 4.79 Å². The van der Waals surface area contributed by atoms with Crippen LogP contribution in [-0.2, 0) is 46.3 Å². The van der Waals surface area contributed by atoms with Crippen molar-refractivity contribution >= 4 is 59.9 Å². The Labute approximate surface area is 364 Å². The van der Waals surface area contributed by atoms with E-state index in [4.69, 9.17) is 9.47 Å². The third kappa shape index (κ3) is 12.1. The van der Waals surface area contributed by atoms with Crippen LogP contribution in [0.4, 0.5) is 4.79 Å². The van der Waals surface area contributed by atoms with Crippen LogP contribution in [-0.4, -0.2) is 120 Å². The number of aromatic hydroxyl groups is 1. The number of amides is 5. The Morgan fingerprint density at radius 1 is 0.850 bits per heavy atom. The summed E-state index contributed by atoms with van der Waals surface area (Å²) in [4.78, 5) is 84.9. The van der Waals surface area contributed by atoms with Crippen LogP contribution in [0, 0.1) is 17.3 Å². The van der Waals surface area contributed by atoms with Crippen molar-refractivity contribution in [3.05, 3.63) is 65.7 Å². The highest BCUT2D eigenvalue weighted by Gasteiger charge is 2.62. The standard InChI is InChI=1S/C44H61N5O9S.ClH/c1-42(2,3)58-41(56)49(5)34(21-29-13-15-32(50)16-14-29)38(53)46-33(17-18-59-7)37(52)45-26-36(51)48(4)35(20-28-11-9-8-10-12-28)39(54)47-44-24-30-19-31(25-44)23-43(22-30,27-44)40(55)57-6;/h8-16,30-31,33-35,50H,17-27H2,1-7H3,(H,45,52)(H,46,53)(H,47,54);1H/t30?,31?,33-,34+,35+,43?,44?;/m1./s1. The molecule has 0 aromatic heterocycles. The van der Waals surface area contributed by atoms with E-state index >= 15 is 0 Å². The van der Waals surface area contributed by atoms with Gasteiger partial charge in [0.2, 0.25) is 23.6 Å². The second kappa shape index (κ2) is 20.4. The van der Waals surface area contributed by atoms with Gasteiger partial charge in [0, 0.05) is 32.5 Å². The van der Waals surface area contributed by atoms with Gasteiger partial charge in [0.1, 0.15) is 29.5 Å². The van der Waals surface area contributed by atoms with Gasteiger partial charge >= 0.3 is 12.1 Å². The number of rotatable bonds is 17. The Kier molecular flexibility index (Phi) is 16.4. The van der Waals surface area contributed by atoms with Gasteiger partial charge in [-0.15, -0.1) is 12.4 Å². The van der Waals surface area contributed by atoms with E-state index in [0.717, 1.165) is 37.7 Å². The number of ether oxygens (including phenoxy) is 2. The monoisotopic (exact) mass is 871 g/mol. The minimum absolute atomic E-state index is 0. The van der Waals surface area contributed by atoms with Crippen molar-refractivity contribution in [2.24, 2.45) is 17.3 Å². The van der Waals surface area contributed by atoms with Crippen molar-refractivity contribution in [1.29, 1.82) is 0 Å². The number of benzene rings is 2. The summed E-state index contributed by atoms with van der Waals surface area (Å²) in [5, 5.41) is 18.7. The fourth-order valence-corrected chi connectivity index (χ4v) is 10.0. The van der Waals surface area contributed by atoms with E-state index in [1.807, 2.05) is 36.6 Å². The molecule has 4 aliphatic carbocycles. The Balaban J connectivity index is 0.00000794. The van der Waals surface area contributed by atoms with Crippen molar-refractivity contribution in [2.45, 2.75) is 108 Å². The van der Waals surface area contributed by atoms with E-state index in [9.17, 15) is 33.9 Å². The fourth-order valence-electron chi connectivity index (χ4n) is 9.53. The zero-order valence-electron chi connectivity index (χ0n) is 35.8. The van der Waals surface area contributed by atoms with Gasteiger partial charge < -0.3 is 35.4 Å². The van der Waals surface area contributed by atoms with Crippen LogP contribution in [0.1, 0.15) is 76.8 Å². The zero-order valence-corrected chi connectivity index (χ0v) is 37.4. The number of phenols is 1.